The first-order chi connectivity index (χ1) is 9.66. The van der Waals surface area contributed by atoms with Crippen molar-refractivity contribution in [3.05, 3.63) is 36.0 Å². The maximum absolute atomic E-state index is 11.5. The molecule has 5 heteroatoms. The summed E-state index contributed by atoms with van der Waals surface area (Å²) in [4.78, 5) is 15.7. The summed E-state index contributed by atoms with van der Waals surface area (Å²) in [5.41, 5.74) is 0.737. The Hall–Kier alpha value is -2.61. The molecule has 1 saturated carbocycles. The van der Waals surface area contributed by atoms with E-state index in [4.69, 9.17) is 0 Å². The van der Waals surface area contributed by atoms with E-state index in [2.05, 4.69) is 16.4 Å². The summed E-state index contributed by atoms with van der Waals surface area (Å²) < 4.78 is 0. The van der Waals surface area contributed by atoms with Crippen LogP contribution in [0.25, 0.3) is 10.9 Å². The Morgan fingerprint density at radius 2 is 2.15 bits per heavy atom. The van der Waals surface area contributed by atoms with Gasteiger partial charge in [-0.2, -0.15) is 5.26 Å². The van der Waals surface area contributed by atoms with Crippen LogP contribution in [0, 0.1) is 11.3 Å². The summed E-state index contributed by atoms with van der Waals surface area (Å²) in [5.74, 6) is -0.867. The minimum Gasteiger partial charge on any atom is -0.480 e. The summed E-state index contributed by atoms with van der Waals surface area (Å²) in [7, 11) is 0. The van der Waals surface area contributed by atoms with Crippen LogP contribution in [0.2, 0.25) is 0 Å². The zero-order valence-corrected chi connectivity index (χ0v) is 10.8. The Bertz CT molecular complexity index is 729. The third kappa shape index (κ3) is 1.77. The van der Waals surface area contributed by atoms with Crippen molar-refractivity contribution < 1.29 is 9.90 Å². The lowest BCUT2D eigenvalue weighted by Crippen LogP contribution is -2.52. The lowest BCUT2D eigenvalue weighted by Gasteiger charge is -2.39. The van der Waals surface area contributed by atoms with Crippen LogP contribution in [0.3, 0.4) is 0 Å². The normalized spacial score (nSPS) is 16.1. The average molecular weight is 267 g/mol. The van der Waals surface area contributed by atoms with Gasteiger partial charge in [0.15, 0.2) is 0 Å². The molecular formula is C15H13N3O2. The molecule has 1 aliphatic rings. The molecule has 1 aromatic heterocycles. The van der Waals surface area contributed by atoms with Crippen LogP contribution >= 0.6 is 0 Å². The zero-order chi connectivity index (χ0) is 14.2. The fraction of sp³-hybridized carbons (Fsp3) is 0.267. The maximum Gasteiger partial charge on any atom is 0.329 e. The predicted molar refractivity (Wildman–Crippen MR) is 74.3 cm³/mol. The molecule has 0 amide bonds. The van der Waals surface area contributed by atoms with E-state index in [0.717, 1.165) is 17.3 Å². The van der Waals surface area contributed by atoms with Crippen LogP contribution < -0.4 is 5.32 Å². The number of para-hydroxylation sites is 1. The van der Waals surface area contributed by atoms with Crippen LogP contribution in [0.1, 0.15) is 24.8 Å². The van der Waals surface area contributed by atoms with Gasteiger partial charge in [-0.25, -0.2) is 4.79 Å². The van der Waals surface area contributed by atoms with Gasteiger partial charge in [-0.3, -0.25) is 4.98 Å². The highest BCUT2D eigenvalue weighted by Crippen LogP contribution is 2.38. The molecule has 1 aliphatic carbocycles. The smallest absolute Gasteiger partial charge is 0.329 e. The van der Waals surface area contributed by atoms with Gasteiger partial charge in [-0.15, -0.1) is 0 Å². The summed E-state index contributed by atoms with van der Waals surface area (Å²) in [6.45, 7) is 0. The number of hydrogen-bond acceptors (Lipinski definition) is 4. The van der Waals surface area contributed by atoms with Crippen LogP contribution in [-0.2, 0) is 4.79 Å². The lowest BCUT2D eigenvalue weighted by atomic mass is 9.76. The first-order valence-electron chi connectivity index (χ1n) is 6.46. The van der Waals surface area contributed by atoms with Gasteiger partial charge in [-0.05, 0) is 25.3 Å². The van der Waals surface area contributed by atoms with E-state index in [0.29, 0.717) is 24.1 Å². The van der Waals surface area contributed by atoms with Crippen LogP contribution in [0.4, 0.5) is 5.69 Å². The summed E-state index contributed by atoms with van der Waals surface area (Å²) in [6, 6.07) is 9.48. The number of benzene rings is 1. The van der Waals surface area contributed by atoms with Crippen LogP contribution in [-0.4, -0.2) is 21.6 Å². The number of nitrogens with one attached hydrogen (secondary N) is 1. The molecule has 1 aromatic carbocycles. The Morgan fingerprint density at radius 3 is 2.75 bits per heavy atom. The summed E-state index contributed by atoms with van der Waals surface area (Å²) in [6.07, 6.45) is 3.51. The Kier molecular flexibility index (Phi) is 2.79. The first kappa shape index (κ1) is 12.4. The second-order valence-corrected chi connectivity index (χ2v) is 5.04. The highest BCUT2D eigenvalue weighted by molar-refractivity contribution is 5.96. The summed E-state index contributed by atoms with van der Waals surface area (Å²) >= 11 is 0. The quantitative estimate of drug-likeness (QED) is 0.892. The van der Waals surface area contributed by atoms with Crippen molar-refractivity contribution in [1.82, 2.24) is 4.98 Å². The maximum atomic E-state index is 11.5. The molecule has 0 atom stereocenters. The Balaban J connectivity index is 2.15. The number of nitriles is 1. The van der Waals surface area contributed by atoms with E-state index in [1.165, 1.54) is 6.20 Å². The van der Waals surface area contributed by atoms with Crippen molar-refractivity contribution in [2.45, 2.75) is 24.8 Å². The number of nitrogens with zero attached hydrogens (tertiary/aromatic N) is 2. The van der Waals surface area contributed by atoms with Crippen LogP contribution in [0.15, 0.2) is 30.5 Å². The van der Waals surface area contributed by atoms with E-state index in [1.54, 1.807) is 0 Å². The van der Waals surface area contributed by atoms with Crippen molar-refractivity contribution >= 4 is 22.6 Å². The van der Waals surface area contributed by atoms with E-state index in [1.807, 2.05) is 24.3 Å². The standard InChI is InChI=1S/C15H13N3O2/c16-8-10-9-17-12-5-2-1-4-11(12)13(10)18-15(14(19)20)6-3-7-15/h1-2,4-5,9H,3,6-7H2,(H,17,18)(H,19,20). The van der Waals surface area contributed by atoms with Gasteiger partial charge in [0.05, 0.1) is 16.8 Å². The Labute approximate surface area is 115 Å². The zero-order valence-electron chi connectivity index (χ0n) is 10.8. The number of aromatic nitrogens is 1. The third-order valence-corrected chi connectivity index (χ3v) is 3.88. The molecule has 0 saturated heterocycles. The SMILES string of the molecule is N#Cc1cnc2ccccc2c1NC1(C(=O)O)CCC1. The largest absolute Gasteiger partial charge is 0.480 e. The van der Waals surface area contributed by atoms with Gasteiger partial charge in [0.2, 0.25) is 0 Å². The van der Waals surface area contributed by atoms with E-state index in [9.17, 15) is 15.2 Å². The average Bonchev–Trinajstić information content (AvgIpc) is 2.42. The second-order valence-electron chi connectivity index (χ2n) is 5.04. The minimum atomic E-state index is -0.949. The number of rotatable bonds is 3. The number of anilines is 1. The van der Waals surface area contributed by atoms with E-state index in [-0.39, 0.29) is 0 Å². The molecule has 0 bridgehead atoms. The fourth-order valence-corrected chi connectivity index (χ4v) is 2.52. The number of carbonyl (C=O) groups is 1. The van der Waals surface area contributed by atoms with E-state index < -0.39 is 11.5 Å². The number of hydrogen-bond donors (Lipinski definition) is 2. The van der Waals surface area contributed by atoms with Gasteiger partial charge in [0.25, 0.3) is 0 Å². The van der Waals surface area contributed by atoms with Gasteiger partial charge in [-0.1, -0.05) is 18.2 Å². The molecule has 5 nitrogen and oxygen atoms in total. The molecule has 3 rings (SSSR count). The van der Waals surface area contributed by atoms with Gasteiger partial charge in [0, 0.05) is 11.6 Å². The van der Waals surface area contributed by atoms with Gasteiger partial charge >= 0.3 is 5.97 Å². The Morgan fingerprint density at radius 1 is 1.40 bits per heavy atom. The molecule has 0 aliphatic heterocycles. The summed E-state index contributed by atoms with van der Waals surface area (Å²) in [5, 5.41) is 22.5. The van der Waals surface area contributed by atoms with Crippen molar-refractivity contribution in [3.63, 3.8) is 0 Å². The van der Waals surface area contributed by atoms with Crippen molar-refractivity contribution in [2.75, 3.05) is 5.32 Å². The monoisotopic (exact) mass is 267 g/mol. The number of carboxylic acid groups (broad SMARTS) is 1. The van der Waals surface area contributed by atoms with Crippen molar-refractivity contribution in [3.8, 4) is 6.07 Å². The second kappa shape index (κ2) is 4.49. The van der Waals surface area contributed by atoms with Gasteiger partial charge in [0.1, 0.15) is 11.6 Å². The number of carboxylic acids is 1. The molecule has 0 unspecified atom stereocenters. The van der Waals surface area contributed by atoms with Crippen LogP contribution in [0.5, 0.6) is 0 Å². The van der Waals surface area contributed by atoms with Crippen molar-refractivity contribution in [2.24, 2.45) is 0 Å². The number of pyridine rings is 1. The molecule has 100 valence electrons. The van der Waals surface area contributed by atoms with E-state index >= 15 is 0 Å². The first-order valence-corrected chi connectivity index (χ1v) is 6.46. The number of aliphatic carboxylic acids is 1. The highest BCUT2D eigenvalue weighted by atomic mass is 16.4. The van der Waals surface area contributed by atoms with Gasteiger partial charge < -0.3 is 10.4 Å². The molecular weight excluding hydrogens is 254 g/mol. The fourth-order valence-electron chi connectivity index (χ4n) is 2.52. The molecule has 1 fully saturated rings. The molecule has 20 heavy (non-hydrogen) atoms. The third-order valence-electron chi connectivity index (χ3n) is 3.88. The number of fused-ring (bicyclic) bond motifs is 1. The molecule has 2 aromatic rings. The predicted octanol–water partition coefficient (Wildman–Crippen LogP) is 2.53. The molecule has 2 N–H and O–H groups in total. The molecule has 0 spiro atoms. The minimum absolute atomic E-state index is 0.372. The van der Waals surface area contributed by atoms with Crippen molar-refractivity contribution in [1.29, 1.82) is 5.26 Å². The molecule has 0 radical (unpaired) electrons. The topological polar surface area (TPSA) is 86.0 Å². The highest BCUT2D eigenvalue weighted by Gasteiger charge is 2.45. The lowest BCUT2D eigenvalue weighted by molar-refractivity contribution is -0.145. The molecule has 1 heterocycles.